The van der Waals surface area contributed by atoms with E-state index >= 15 is 0 Å². The van der Waals surface area contributed by atoms with Gasteiger partial charge in [-0.25, -0.2) is 4.98 Å². The normalized spacial score (nSPS) is 13.6. The van der Waals surface area contributed by atoms with Gasteiger partial charge in [0.1, 0.15) is 11.9 Å². The number of fused-ring (bicyclic) bond motifs is 1. The van der Waals surface area contributed by atoms with Crippen molar-refractivity contribution in [2.75, 3.05) is 5.32 Å². The van der Waals surface area contributed by atoms with E-state index < -0.39 is 5.54 Å². The summed E-state index contributed by atoms with van der Waals surface area (Å²) < 4.78 is 0. The van der Waals surface area contributed by atoms with Crippen LogP contribution in [0, 0.1) is 23.7 Å². The summed E-state index contributed by atoms with van der Waals surface area (Å²) in [5.74, 6) is 3.26. The van der Waals surface area contributed by atoms with Crippen molar-refractivity contribution in [2.24, 2.45) is 0 Å². The van der Waals surface area contributed by atoms with Crippen molar-refractivity contribution in [1.82, 2.24) is 4.98 Å². The van der Waals surface area contributed by atoms with Gasteiger partial charge >= 0.3 is 0 Å². The smallest absolute Gasteiger partial charge is 0.145 e. The highest BCUT2D eigenvalue weighted by atomic mass is 15.0. The van der Waals surface area contributed by atoms with Crippen LogP contribution in [0.1, 0.15) is 37.1 Å². The fraction of sp³-hybridized carbons (Fsp3) is 0.429. The average Bonchev–Trinajstić information content (AvgIpc) is 2.74. The van der Waals surface area contributed by atoms with Gasteiger partial charge in [0, 0.05) is 5.69 Å². The van der Waals surface area contributed by atoms with Gasteiger partial charge in [-0.3, -0.25) is 0 Å². The molecule has 0 spiro atoms. The summed E-state index contributed by atoms with van der Waals surface area (Å²) in [7, 11) is 0. The predicted octanol–water partition coefficient (Wildman–Crippen LogP) is 2.27. The minimum atomic E-state index is -0.495. The van der Waals surface area contributed by atoms with Crippen LogP contribution in [0.15, 0.2) is 6.07 Å². The third-order valence-corrected chi connectivity index (χ3v) is 2.96. The molecular formula is C14H15N3. The van der Waals surface area contributed by atoms with Gasteiger partial charge in [-0.05, 0) is 44.7 Å². The molecule has 1 aliphatic carbocycles. The Balaban J connectivity index is 2.41. The van der Waals surface area contributed by atoms with Crippen molar-refractivity contribution in [3.63, 3.8) is 0 Å². The summed E-state index contributed by atoms with van der Waals surface area (Å²) in [6.07, 6.45) is 8.57. The summed E-state index contributed by atoms with van der Waals surface area (Å²) in [5.41, 5.74) is 2.38. The summed E-state index contributed by atoms with van der Waals surface area (Å²) in [6, 6.07) is 4.11. The highest BCUT2D eigenvalue weighted by Crippen LogP contribution is 2.26. The highest BCUT2D eigenvalue weighted by Gasteiger charge is 2.20. The van der Waals surface area contributed by atoms with Crippen LogP contribution in [0.5, 0.6) is 0 Å². The Morgan fingerprint density at radius 3 is 2.88 bits per heavy atom. The largest absolute Gasteiger partial charge is 0.353 e. The molecule has 3 heteroatoms. The number of hydrogen-bond donors (Lipinski definition) is 1. The number of anilines is 1. The highest BCUT2D eigenvalue weighted by molar-refractivity contribution is 5.57. The maximum absolute atomic E-state index is 9.14. The van der Waals surface area contributed by atoms with E-state index in [0.717, 1.165) is 25.0 Å². The van der Waals surface area contributed by atoms with Crippen LogP contribution in [0.3, 0.4) is 0 Å². The van der Waals surface area contributed by atoms with Crippen molar-refractivity contribution in [2.45, 2.75) is 38.6 Å². The molecule has 1 aromatic heterocycles. The van der Waals surface area contributed by atoms with Crippen LogP contribution < -0.4 is 5.32 Å². The molecule has 86 valence electrons. The zero-order valence-electron chi connectivity index (χ0n) is 10.2. The average molecular weight is 225 g/mol. The standard InChI is InChI=1S/C14H15N3/c1-4-14(2,3)17-13-11(9-15)8-10-6-5-7-12(10)16-13/h1,8H,5-7H2,2-3H3,(H,16,17). The van der Waals surface area contributed by atoms with E-state index in [0.29, 0.717) is 11.4 Å². The van der Waals surface area contributed by atoms with Gasteiger partial charge in [0.05, 0.1) is 11.1 Å². The molecule has 17 heavy (non-hydrogen) atoms. The van der Waals surface area contributed by atoms with E-state index in [9.17, 15) is 0 Å². The first-order valence-electron chi connectivity index (χ1n) is 5.74. The topological polar surface area (TPSA) is 48.7 Å². The van der Waals surface area contributed by atoms with Crippen molar-refractivity contribution in [1.29, 1.82) is 5.26 Å². The van der Waals surface area contributed by atoms with Gasteiger partial charge < -0.3 is 5.32 Å². The molecule has 1 aromatic rings. The molecule has 0 atom stereocenters. The van der Waals surface area contributed by atoms with Gasteiger partial charge in [-0.2, -0.15) is 5.26 Å². The Kier molecular flexibility index (Phi) is 2.77. The van der Waals surface area contributed by atoms with Gasteiger partial charge in [0.2, 0.25) is 0 Å². The van der Waals surface area contributed by atoms with Crippen molar-refractivity contribution in [3.8, 4) is 18.4 Å². The molecule has 0 bridgehead atoms. The molecular weight excluding hydrogens is 210 g/mol. The summed E-state index contributed by atoms with van der Waals surface area (Å²) in [4.78, 5) is 4.53. The first kappa shape index (κ1) is 11.5. The minimum absolute atomic E-state index is 0.495. The van der Waals surface area contributed by atoms with Crippen LogP contribution in [-0.2, 0) is 12.8 Å². The van der Waals surface area contributed by atoms with Gasteiger partial charge in [0.15, 0.2) is 0 Å². The number of hydrogen-bond acceptors (Lipinski definition) is 3. The Hall–Kier alpha value is -2.00. The van der Waals surface area contributed by atoms with E-state index in [1.807, 2.05) is 19.9 Å². The lowest BCUT2D eigenvalue weighted by Gasteiger charge is -2.21. The summed E-state index contributed by atoms with van der Waals surface area (Å²) >= 11 is 0. The van der Waals surface area contributed by atoms with Crippen LogP contribution in [0.4, 0.5) is 5.82 Å². The number of rotatable bonds is 2. The van der Waals surface area contributed by atoms with Crippen molar-refractivity contribution < 1.29 is 0 Å². The summed E-state index contributed by atoms with van der Waals surface area (Å²) in [5, 5.41) is 12.3. The third-order valence-electron chi connectivity index (χ3n) is 2.96. The van der Waals surface area contributed by atoms with E-state index in [-0.39, 0.29) is 0 Å². The molecule has 0 aliphatic heterocycles. The second kappa shape index (κ2) is 4.11. The quantitative estimate of drug-likeness (QED) is 0.785. The Morgan fingerprint density at radius 1 is 1.47 bits per heavy atom. The maximum Gasteiger partial charge on any atom is 0.145 e. The second-order valence-corrected chi connectivity index (χ2v) is 4.85. The molecule has 0 amide bonds. The molecule has 1 heterocycles. The number of terminal acetylenes is 1. The first-order valence-corrected chi connectivity index (χ1v) is 5.74. The number of nitrogens with one attached hydrogen (secondary N) is 1. The maximum atomic E-state index is 9.14. The summed E-state index contributed by atoms with van der Waals surface area (Å²) in [6.45, 7) is 3.78. The molecule has 0 radical (unpaired) electrons. The van der Waals surface area contributed by atoms with E-state index in [2.05, 4.69) is 22.3 Å². The lowest BCUT2D eigenvalue weighted by Crippen LogP contribution is -2.29. The Labute approximate surface area is 102 Å². The molecule has 2 rings (SSSR count). The van der Waals surface area contributed by atoms with Crippen molar-refractivity contribution >= 4 is 5.82 Å². The molecule has 0 fully saturated rings. The Morgan fingerprint density at radius 2 is 2.24 bits per heavy atom. The first-order chi connectivity index (χ1) is 8.05. The van der Waals surface area contributed by atoms with Crippen LogP contribution in [0.25, 0.3) is 0 Å². The second-order valence-electron chi connectivity index (χ2n) is 4.85. The van der Waals surface area contributed by atoms with E-state index in [1.54, 1.807) is 0 Å². The third kappa shape index (κ3) is 2.24. The number of nitriles is 1. The molecule has 1 N–H and O–H groups in total. The monoisotopic (exact) mass is 225 g/mol. The lowest BCUT2D eigenvalue weighted by molar-refractivity contribution is 0.734. The molecule has 1 aliphatic rings. The minimum Gasteiger partial charge on any atom is -0.353 e. The van der Waals surface area contributed by atoms with Crippen LogP contribution >= 0.6 is 0 Å². The fourth-order valence-electron chi connectivity index (χ4n) is 1.98. The fourth-order valence-corrected chi connectivity index (χ4v) is 1.98. The van der Waals surface area contributed by atoms with E-state index in [1.165, 1.54) is 5.56 Å². The zero-order chi connectivity index (χ0) is 12.5. The molecule has 0 saturated carbocycles. The number of nitrogens with zero attached hydrogens (tertiary/aromatic N) is 2. The number of aromatic nitrogens is 1. The van der Waals surface area contributed by atoms with Crippen LogP contribution in [-0.4, -0.2) is 10.5 Å². The molecule has 0 unspecified atom stereocenters. The predicted molar refractivity (Wildman–Crippen MR) is 67.5 cm³/mol. The van der Waals surface area contributed by atoms with Gasteiger partial charge in [-0.1, -0.05) is 5.92 Å². The van der Waals surface area contributed by atoms with Gasteiger partial charge in [-0.15, -0.1) is 6.42 Å². The molecule has 0 aromatic carbocycles. The number of pyridine rings is 1. The van der Waals surface area contributed by atoms with Crippen molar-refractivity contribution in [3.05, 3.63) is 22.9 Å². The lowest BCUT2D eigenvalue weighted by atomic mass is 10.1. The molecule has 3 nitrogen and oxygen atoms in total. The van der Waals surface area contributed by atoms with Crippen LogP contribution in [0.2, 0.25) is 0 Å². The van der Waals surface area contributed by atoms with Gasteiger partial charge in [0.25, 0.3) is 0 Å². The zero-order valence-corrected chi connectivity index (χ0v) is 10.2. The number of aryl methyl sites for hydroxylation is 2. The SMILES string of the molecule is C#CC(C)(C)Nc1nc2c(cc1C#N)CCC2. The Bertz CT molecular complexity index is 530. The van der Waals surface area contributed by atoms with E-state index in [4.69, 9.17) is 11.7 Å². The molecule has 0 saturated heterocycles.